The van der Waals surface area contributed by atoms with Crippen molar-refractivity contribution in [3.8, 4) is 0 Å². The van der Waals surface area contributed by atoms with Crippen molar-refractivity contribution in [2.45, 2.75) is 24.7 Å². The van der Waals surface area contributed by atoms with Crippen LogP contribution in [0, 0.1) is 5.82 Å². The van der Waals surface area contributed by atoms with E-state index in [1.807, 2.05) is 37.3 Å². The van der Waals surface area contributed by atoms with Crippen LogP contribution in [0.25, 0.3) is 0 Å². The molecule has 0 aromatic heterocycles. The minimum absolute atomic E-state index is 0.113. The largest absolute Gasteiger partial charge is 0.372 e. The number of hydrogen-bond donors (Lipinski definition) is 1. The smallest absolute Gasteiger partial charge is 0.215 e. The number of ether oxygens (including phenoxy) is 1. The van der Waals surface area contributed by atoms with Crippen LogP contribution in [0.1, 0.15) is 24.5 Å². The molecule has 0 bridgehead atoms. The summed E-state index contributed by atoms with van der Waals surface area (Å²) in [6.45, 7) is 2.05. The molecule has 1 atom stereocenters. The highest BCUT2D eigenvalue weighted by Gasteiger charge is 2.31. The molecule has 0 spiro atoms. The normalized spacial score (nSPS) is 14.3. The molecule has 130 valence electrons. The van der Waals surface area contributed by atoms with Crippen molar-refractivity contribution in [3.63, 3.8) is 0 Å². The average molecular weight is 351 g/mol. The number of sulfonamides is 1. The van der Waals surface area contributed by atoms with E-state index in [2.05, 4.69) is 4.72 Å². The van der Waals surface area contributed by atoms with E-state index in [0.29, 0.717) is 12.0 Å². The monoisotopic (exact) mass is 351 g/mol. The van der Waals surface area contributed by atoms with Crippen LogP contribution in [0.3, 0.4) is 0 Å². The van der Waals surface area contributed by atoms with Gasteiger partial charge in [0.05, 0.1) is 5.75 Å². The van der Waals surface area contributed by atoms with Crippen molar-refractivity contribution in [1.82, 2.24) is 4.72 Å². The van der Waals surface area contributed by atoms with E-state index < -0.39 is 21.4 Å². The van der Waals surface area contributed by atoms with Gasteiger partial charge in [0.25, 0.3) is 0 Å². The fourth-order valence-corrected chi connectivity index (χ4v) is 3.80. The van der Waals surface area contributed by atoms with Crippen LogP contribution in [0.4, 0.5) is 4.39 Å². The van der Waals surface area contributed by atoms with E-state index in [0.717, 1.165) is 5.56 Å². The summed E-state index contributed by atoms with van der Waals surface area (Å²) in [5, 5.41) is 0. The van der Waals surface area contributed by atoms with Gasteiger partial charge < -0.3 is 4.74 Å². The first-order chi connectivity index (χ1) is 11.4. The molecule has 0 aliphatic heterocycles. The molecule has 0 saturated carbocycles. The van der Waals surface area contributed by atoms with Gasteiger partial charge in [0, 0.05) is 13.7 Å². The van der Waals surface area contributed by atoms with Gasteiger partial charge in [0.2, 0.25) is 10.0 Å². The molecule has 2 aromatic rings. The average Bonchev–Trinajstić information content (AvgIpc) is 2.57. The summed E-state index contributed by atoms with van der Waals surface area (Å²) in [7, 11) is -2.04. The molecule has 0 saturated heterocycles. The maximum absolute atomic E-state index is 13.2. The quantitative estimate of drug-likeness (QED) is 0.795. The first-order valence-electron chi connectivity index (χ1n) is 7.73. The second-order valence-corrected chi connectivity index (χ2v) is 7.43. The van der Waals surface area contributed by atoms with Gasteiger partial charge in [-0.3, -0.25) is 0 Å². The Hall–Kier alpha value is -1.76. The standard InChI is InChI=1S/C18H22FNO3S/c1-3-18(23-2,16-9-5-4-6-10-16)14-20-24(21,22)13-15-8-7-11-17(19)12-15/h4-12,20H,3,13-14H2,1-2H3. The Balaban J connectivity index is 2.14. The maximum Gasteiger partial charge on any atom is 0.215 e. The van der Waals surface area contributed by atoms with Crippen LogP contribution in [0.5, 0.6) is 0 Å². The molecule has 0 heterocycles. The summed E-state index contributed by atoms with van der Waals surface area (Å²) < 4.78 is 46.1. The lowest BCUT2D eigenvalue weighted by atomic mass is 9.91. The number of benzene rings is 2. The molecule has 6 heteroatoms. The molecule has 1 unspecified atom stereocenters. The lowest BCUT2D eigenvalue weighted by molar-refractivity contribution is -0.0133. The highest BCUT2D eigenvalue weighted by Crippen LogP contribution is 2.28. The third-order valence-corrected chi connectivity index (χ3v) is 5.38. The van der Waals surface area contributed by atoms with E-state index in [1.54, 1.807) is 13.2 Å². The molecule has 2 rings (SSSR count). The van der Waals surface area contributed by atoms with Gasteiger partial charge in [0.15, 0.2) is 0 Å². The number of halogens is 1. The van der Waals surface area contributed by atoms with Crippen molar-refractivity contribution in [1.29, 1.82) is 0 Å². The Morgan fingerprint density at radius 3 is 2.42 bits per heavy atom. The summed E-state index contributed by atoms with van der Waals surface area (Å²) in [4.78, 5) is 0. The SMILES string of the molecule is CCC(CNS(=O)(=O)Cc1cccc(F)c1)(OC)c1ccccc1. The van der Waals surface area contributed by atoms with Crippen molar-refractivity contribution in [2.75, 3.05) is 13.7 Å². The molecule has 0 fully saturated rings. The number of methoxy groups -OCH3 is 1. The van der Waals surface area contributed by atoms with E-state index >= 15 is 0 Å². The zero-order valence-corrected chi connectivity index (χ0v) is 14.6. The Bertz CT molecular complexity index is 759. The minimum atomic E-state index is -3.61. The molecular weight excluding hydrogens is 329 g/mol. The van der Waals surface area contributed by atoms with Crippen LogP contribution >= 0.6 is 0 Å². The summed E-state index contributed by atoms with van der Waals surface area (Å²) in [6, 6.07) is 15.1. The second-order valence-electron chi connectivity index (χ2n) is 5.63. The maximum atomic E-state index is 13.2. The van der Waals surface area contributed by atoms with Gasteiger partial charge in [-0.25, -0.2) is 17.5 Å². The predicted molar refractivity (Wildman–Crippen MR) is 92.4 cm³/mol. The molecule has 0 aliphatic carbocycles. The van der Waals surface area contributed by atoms with E-state index in [-0.39, 0.29) is 12.3 Å². The van der Waals surface area contributed by atoms with Crippen LogP contribution in [-0.4, -0.2) is 22.1 Å². The molecule has 4 nitrogen and oxygen atoms in total. The fourth-order valence-electron chi connectivity index (χ4n) is 2.63. The molecule has 24 heavy (non-hydrogen) atoms. The Morgan fingerprint density at radius 1 is 1.12 bits per heavy atom. The summed E-state index contributed by atoms with van der Waals surface area (Å²) >= 11 is 0. The van der Waals surface area contributed by atoms with Gasteiger partial charge in [-0.2, -0.15) is 0 Å². The fraction of sp³-hybridized carbons (Fsp3) is 0.333. The molecule has 0 aliphatic rings. The Kier molecular flexibility index (Phi) is 6.10. The van der Waals surface area contributed by atoms with Gasteiger partial charge >= 0.3 is 0 Å². The summed E-state index contributed by atoms with van der Waals surface area (Å²) in [6.07, 6.45) is 0.607. The molecule has 2 aromatic carbocycles. The molecular formula is C18H22FNO3S. The van der Waals surface area contributed by atoms with Gasteiger partial charge in [0.1, 0.15) is 11.4 Å². The van der Waals surface area contributed by atoms with Crippen molar-refractivity contribution >= 4 is 10.0 Å². The van der Waals surface area contributed by atoms with Crippen LogP contribution in [0.2, 0.25) is 0 Å². The van der Waals surface area contributed by atoms with E-state index in [9.17, 15) is 12.8 Å². The zero-order valence-electron chi connectivity index (χ0n) is 13.8. The highest BCUT2D eigenvalue weighted by atomic mass is 32.2. The third-order valence-electron chi connectivity index (χ3n) is 4.09. The van der Waals surface area contributed by atoms with Crippen molar-refractivity contribution in [2.24, 2.45) is 0 Å². The zero-order chi connectivity index (χ0) is 17.6. The lowest BCUT2D eigenvalue weighted by Gasteiger charge is -2.32. The Labute approximate surface area is 142 Å². The highest BCUT2D eigenvalue weighted by molar-refractivity contribution is 7.88. The van der Waals surface area contributed by atoms with Crippen molar-refractivity contribution in [3.05, 3.63) is 71.5 Å². The van der Waals surface area contributed by atoms with Crippen LogP contribution in [-0.2, 0) is 26.1 Å². The van der Waals surface area contributed by atoms with Gasteiger partial charge in [-0.15, -0.1) is 0 Å². The van der Waals surface area contributed by atoms with E-state index in [4.69, 9.17) is 4.74 Å². The van der Waals surface area contributed by atoms with Crippen molar-refractivity contribution < 1.29 is 17.5 Å². The van der Waals surface area contributed by atoms with Gasteiger partial charge in [-0.1, -0.05) is 49.4 Å². The number of nitrogens with one attached hydrogen (secondary N) is 1. The first kappa shape index (κ1) is 18.6. The van der Waals surface area contributed by atoms with Gasteiger partial charge in [-0.05, 0) is 29.7 Å². The molecule has 0 amide bonds. The lowest BCUT2D eigenvalue weighted by Crippen LogP contribution is -2.42. The minimum Gasteiger partial charge on any atom is -0.372 e. The molecule has 0 radical (unpaired) electrons. The van der Waals surface area contributed by atoms with Crippen LogP contribution in [0.15, 0.2) is 54.6 Å². The topological polar surface area (TPSA) is 55.4 Å². The summed E-state index contributed by atoms with van der Waals surface area (Å²) in [5.74, 6) is -0.727. The van der Waals surface area contributed by atoms with Crippen LogP contribution < -0.4 is 4.72 Å². The molecule has 1 N–H and O–H groups in total. The van der Waals surface area contributed by atoms with E-state index in [1.165, 1.54) is 18.2 Å². The number of rotatable bonds is 8. The predicted octanol–water partition coefficient (Wildman–Crippen LogP) is 3.20. The Morgan fingerprint density at radius 2 is 1.83 bits per heavy atom. The third kappa shape index (κ3) is 4.63. The summed E-state index contributed by atoms with van der Waals surface area (Å²) in [5.41, 5.74) is 0.571. The second kappa shape index (κ2) is 7.88. The first-order valence-corrected chi connectivity index (χ1v) is 9.38. The number of hydrogen-bond acceptors (Lipinski definition) is 3.